The van der Waals surface area contributed by atoms with Gasteiger partial charge in [0, 0.05) is 22.5 Å². The van der Waals surface area contributed by atoms with E-state index < -0.39 is 29.5 Å². The van der Waals surface area contributed by atoms with Gasteiger partial charge in [0.1, 0.15) is 6.33 Å². The zero-order valence-corrected chi connectivity index (χ0v) is 22.1. The quantitative estimate of drug-likeness (QED) is 0.160. The molecular weight excluding hydrogens is 549 g/mol. The number of amides is 2. The van der Waals surface area contributed by atoms with E-state index in [1.54, 1.807) is 19.1 Å². The fourth-order valence-electron chi connectivity index (χ4n) is 4.36. The lowest BCUT2D eigenvalue weighted by Gasteiger charge is -2.11. The fraction of sp³-hybridized carbons (Fsp3) is 0.0968. The summed E-state index contributed by atoms with van der Waals surface area (Å²) in [6, 6.07) is 21.9. The first-order chi connectivity index (χ1) is 20.1. The first-order valence-corrected chi connectivity index (χ1v) is 12.8. The summed E-state index contributed by atoms with van der Waals surface area (Å²) in [4.78, 5) is 43.4. The maximum atomic E-state index is 13.6. The number of benzene rings is 3. The molecule has 0 aliphatic heterocycles. The standard InChI is InChI=1S/C31H23F3N4O4/c1-2-42-29(40)24-16-27(38-18-35-25(17-26(24)38)19-8-4-3-5-9-19)28(39)20-10-6-12-22(14-20)36-30(41)37-23-13-7-11-21(15-23)31(32,33)34/h3-18H,2H2,1H3,(H2,36,37,41). The molecule has 0 unspecified atom stereocenters. The second-order valence-corrected chi connectivity index (χ2v) is 9.13. The number of carbonyl (C=O) groups excluding carboxylic acids is 3. The SMILES string of the molecule is CCOC(=O)c1cc(C(=O)c2cccc(NC(=O)Nc3cccc(C(F)(F)F)c3)c2)n2cnc(-c3ccccc3)cc12. The Kier molecular flexibility index (Phi) is 7.74. The molecule has 2 N–H and O–H groups in total. The molecule has 0 atom stereocenters. The molecule has 5 aromatic rings. The monoisotopic (exact) mass is 572 g/mol. The second-order valence-electron chi connectivity index (χ2n) is 9.13. The third-order valence-corrected chi connectivity index (χ3v) is 6.29. The second kappa shape index (κ2) is 11.6. The van der Waals surface area contributed by atoms with Crippen LogP contribution in [0.25, 0.3) is 16.8 Å². The molecule has 0 bridgehead atoms. The van der Waals surface area contributed by atoms with Crippen molar-refractivity contribution in [2.45, 2.75) is 13.1 Å². The van der Waals surface area contributed by atoms with Crippen molar-refractivity contribution in [3.8, 4) is 11.3 Å². The number of urea groups is 1. The molecule has 0 radical (unpaired) electrons. The molecule has 11 heteroatoms. The minimum Gasteiger partial charge on any atom is -0.462 e. The van der Waals surface area contributed by atoms with Crippen LogP contribution in [0.4, 0.5) is 29.3 Å². The maximum Gasteiger partial charge on any atom is 0.416 e. The van der Waals surface area contributed by atoms with E-state index in [1.165, 1.54) is 47.1 Å². The summed E-state index contributed by atoms with van der Waals surface area (Å²) in [5.41, 5.74) is 1.65. The van der Waals surface area contributed by atoms with Gasteiger partial charge in [-0.15, -0.1) is 0 Å². The van der Waals surface area contributed by atoms with Gasteiger partial charge in [0.2, 0.25) is 5.78 Å². The van der Waals surface area contributed by atoms with Crippen molar-refractivity contribution < 1.29 is 32.3 Å². The molecule has 0 aliphatic carbocycles. The van der Waals surface area contributed by atoms with E-state index in [4.69, 9.17) is 4.74 Å². The Labute approximate surface area is 237 Å². The van der Waals surface area contributed by atoms with E-state index in [2.05, 4.69) is 15.6 Å². The first-order valence-electron chi connectivity index (χ1n) is 12.8. The Morgan fingerprint density at radius 1 is 0.857 bits per heavy atom. The van der Waals surface area contributed by atoms with Crippen LogP contribution < -0.4 is 10.6 Å². The van der Waals surface area contributed by atoms with Crippen molar-refractivity contribution >= 4 is 34.7 Å². The Bertz CT molecular complexity index is 1800. The van der Waals surface area contributed by atoms with E-state index in [0.717, 1.165) is 17.7 Å². The number of ketones is 1. The van der Waals surface area contributed by atoms with Crippen molar-refractivity contribution in [1.82, 2.24) is 9.38 Å². The van der Waals surface area contributed by atoms with Crippen LogP contribution in [-0.4, -0.2) is 33.8 Å². The van der Waals surface area contributed by atoms with Gasteiger partial charge in [-0.2, -0.15) is 13.2 Å². The number of anilines is 2. The van der Waals surface area contributed by atoms with Gasteiger partial charge in [-0.05, 0) is 49.4 Å². The van der Waals surface area contributed by atoms with Gasteiger partial charge in [-0.3, -0.25) is 9.20 Å². The van der Waals surface area contributed by atoms with Crippen LogP contribution in [0.2, 0.25) is 0 Å². The minimum absolute atomic E-state index is 0.0527. The number of ether oxygens (including phenoxy) is 1. The number of aromatic nitrogens is 2. The lowest BCUT2D eigenvalue weighted by molar-refractivity contribution is -0.137. The predicted molar refractivity (Wildman–Crippen MR) is 151 cm³/mol. The molecule has 42 heavy (non-hydrogen) atoms. The molecule has 212 valence electrons. The molecular formula is C31H23F3N4O4. The molecule has 0 spiro atoms. The van der Waals surface area contributed by atoms with Gasteiger partial charge < -0.3 is 15.4 Å². The van der Waals surface area contributed by atoms with E-state index in [9.17, 15) is 27.6 Å². The molecule has 2 heterocycles. The normalized spacial score (nSPS) is 11.2. The van der Waals surface area contributed by atoms with E-state index in [-0.39, 0.29) is 34.8 Å². The molecule has 0 saturated carbocycles. The van der Waals surface area contributed by atoms with Gasteiger partial charge in [-0.25, -0.2) is 14.6 Å². The minimum atomic E-state index is -4.56. The topological polar surface area (TPSA) is 102 Å². The Morgan fingerprint density at radius 3 is 2.24 bits per heavy atom. The highest BCUT2D eigenvalue weighted by Crippen LogP contribution is 2.31. The molecule has 0 aliphatic rings. The number of hydrogen-bond donors (Lipinski definition) is 2. The number of halogens is 3. The Balaban J connectivity index is 1.42. The Morgan fingerprint density at radius 2 is 1.55 bits per heavy atom. The van der Waals surface area contributed by atoms with Gasteiger partial charge in [0.15, 0.2) is 0 Å². The van der Waals surface area contributed by atoms with Crippen molar-refractivity contribution in [3.05, 3.63) is 120 Å². The third kappa shape index (κ3) is 5.99. The fourth-order valence-corrected chi connectivity index (χ4v) is 4.36. The molecule has 2 aromatic heterocycles. The highest BCUT2D eigenvalue weighted by molar-refractivity contribution is 6.12. The number of fused-ring (bicyclic) bond motifs is 1. The summed E-state index contributed by atoms with van der Waals surface area (Å²) >= 11 is 0. The number of carbonyl (C=O) groups is 3. The van der Waals surface area contributed by atoms with Crippen LogP contribution in [0.15, 0.2) is 97.3 Å². The van der Waals surface area contributed by atoms with Gasteiger partial charge in [0.05, 0.1) is 34.6 Å². The van der Waals surface area contributed by atoms with Gasteiger partial charge >= 0.3 is 18.2 Å². The average molecular weight is 573 g/mol. The van der Waals surface area contributed by atoms with Gasteiger partial charge in [-0.1, -0.05) is 48.5 Å². The largest absolute Gasteiger partial charge is 0.462 e. The van der Waals surface area contributed by atoms with Crippen LogP contribution in [0, 0.1) is 0 Å². The molecule has 0 fully saturated rings. The molecule has 5 rings (SSSR count). The zero-order valence-electron chi connectivity index (χ0n) is 22.1. The summed E-state index contributed by atoms with van der Waals surface area (Å²) in [5, 5.41) is 4.88. The lowest BCUT2D eigenvalue weighted by Crippen LogP contribution is -2.20. The smallest absolute Gasteiger partial charge is 0.416 e. The summed E-state index contributed by atoms with van der Waals surface area (Å²) in [7, 11) is 0. The van der Waals surface area contributed by atoms with Crippen molar-refractivity contribution in [2.24, 2.45) is 0 Å². The molecule has 2 amide bonds. The number of esters is 1. The average Bonchev–Trinajstić information content (AvgIpc) is 3.36. The molecule has 3 aromatic carbocycles. The van der Waals surface area contributed by atoms with E-state index >= 15 is 0 Å². The summed E-state index contributed by atoms with van der Waals surface area (Å²) < 4.78 is 45.7. The van der Waals surface area contributed by atoms with E-state index in [1.807, 2.05) is 30.3 Å². The van der Waals surface area contributed by atoms with E-state index in [0.29, 0.717) is 11.2 Å². The van der Waals surface area contributed by atoms with Crippen LogP contribution in [0.5, 0.6) is 0 Å². The van der Waals surface area contributed by atoms with Crippen molar-refractivity contribution in [2.75, 3.05) is 17.2 Å². The zero-order chi connectivity index (χ0) is 29.9. The van der Waals surface area contributed by atoms with Gasteiger partial charge in [0.25, 0.3) is 0 Å². The summed E-state index contributed by atoms with van der Waals surface area (Å²) in [6.45, 7) is 1.83. The van der Waals surface area contributed by atoms with Crippen LogP contribution in [0.1, 0.15) is 38.9 Å². The first kappa shape index (κ1) is 28.1. The van der Waals surface area contributed by atoms with Crippen LogP contribution >= 0.6 is 0 Å². The summed E-state index contributed by atoms with van der Waals surface area (Å²) in [5.74, 6) is -1.06. The van der Waals surface area contributed by atoms with Crippen molar-refractivity contribution in [3.63, 3.8) is 0 Å². The summed E-state index contributed by atoms with van der Waals surface area (Å²) in [6.07, 6.45) is -3.10. The predicted octanol–water partition coefficient (Wildman–Crippen LogP) is 7.07. The Hall–Kier alpha value is -5.45. The molecule has 0 saturated heterocycles. The van der Waals surface area contributed by atoms with Crippen LogP contribution in [-0.2, 0) is 10.9 Å². The third-order valence-electron chi connectivity index (χ3n) is 6.29. The number of alkyl halides is 3. The van der Waals surface area contributed by atoms with Crippen molar-refractivity contribution in [1.29, 1.82) is 0 Å². The number of rotatable bonds is 7. The number of hydrogen-bond acceptors (Lipinski definition) is 5. The highest BCUT2D eigenvalue weighted by Gasteiger charge is 2.30. The maximum absolute atomic E-state index is 13.6. The molecule has 8 nitrogen and oxygen atoms in total. The number of nitrogens with zero attached hydrogens (tertiary/aromatic N) is 2. The highest BCUT2D eigenvalue weighted by atomic mass is 19.4. The number of nitrogens with one attached hydrogen (secondary N) is 2. The lowest BCUT2D eigenvalue weighted by atomic mass is 10.1. The van der Waals surface area contributed by atoms with Crippen LogP contribution in [0.3, 0.4) is 0 Å².